The van der Waals surface area contributed by atoms with E-state index in [0.717, 1.165) is 0 Å². The van der Waals surface area contributed by atoms with Gasteiger partial charge in [-0.05, 0) is 31.0 Å². The van der Waals surface area contributed by atoms with Crippen molar-refractivity contribution in [3.05, 3.63) is 33.8 Å². The second-order valence-corrected chi connectivity index (χ2v) is 6.80. The Morgan fingerprint density at radius 2 is 2.12 bits per heavy atom. The van der Waals surface area contributed by atoms with Crippen molar-refractivity contribution < 1.29 is 19.2 Å². The predicted octanol–water partition coefficient (Wildman–Crippen LogP) is 3.46. The molecule has 1 aromatic rings. The van der Waals surface area contributed by atoms with Gasteiger partial charge in [0.1, 0.15) is 0 Å². The number of carbonyl (C=O) groups excluding carboxylic acids is 2. The zero-order chi connectivity index (χ0) is 18.6. The maximum absolute atomic E-state index is 12.6. The van der Waals surface area contributed by atoms with Crippen molar-refractivity contribution in [1.29, 1.82) is 0 Å². The molecule has 8 heteroatoms. The van der Waals surface area contributed by atoms with Crippen molar-refractivity contribution in [1.82, 2.24) is 5.32 Å². The van der Waals surface area contributed by atoms with Crippen LogP contribution in [0.15, 0.2) is 23.4 Å². The van der Waals surface area contributed by atoms with Crippen LogP contribution >= 0.6 is 23.2 Å². The van der Waals surface area contributed by atoms with E-state index < -0.39 is 18.1 Å². The molecule has 1 aliphatic rings. The van der Waals surface area contributed by atoms with E-state index in [-0.39, 0.29) is 30.4 Å². The van der Waals surface area contributed by atoms with E-state index in [2.05, 4.69) is 10.5 Å². The molecule has 25 heavy (non-hydrogen) atoms. The van der Waals surface area contributed by atoms with Crippen molar-refractivity contribution in [2.75, 3.05) is 6.61 Å². The summed E-state index contributed by atoms with van der Waals surface area (Å²) in [6, 6.07) is 4.28. The molecule has 136 valence electrons. The van der Waals surface area contributed by atoms with Gasteiger partial charge in [0, 0.05) is 11.4 Å². The maximum Gasteiger partial charge on any atom is 0.350 e. The molecule has 0 radical (unpaired) electrons. The van der Waals surface area contributed by atoms with Crippen molar-refractivity contribution in [3.63, 3.8) is 0 Å². The molecule has 0 spiro atoms. The van der Waals surface area contributed by atoms with Crippen LogP contribution in [0.2, 0.25) is 10.0 Å². The molecule has 0 fully saturated rings. The van der Waals surface area contributed by atoms with E-state index >= 15 is 0 Å². The molecule has 0 saturated carbocycles. The summed E-state index contributed by atoms with van der Waals surface area (Å²) < 4.78 is 4.94. The lowest BCUT2D eigenvalue weighted by molar-refractivity contribution is -0.154. The number of nitrogens with one attached hydrogen (secondary N) is 1. The Morgan fingerprint density at radius 1 is 1.40 bits per heavy atom. The van der Waals surface area contributed by atoms with Crippen LogP contribution in [0.1, 0.15) is 37.6 Å². The highest BCUT2D eigenvalue weighted by Gasteiger charge is 2.35. The molecular weight excluding hydrogens is 367 g/mol. The lowest BCUT2D eigenvalue weighted by atomic mass is 9.95. The molecule has 6 nitrogen and oxygen atoms in total. The summed E-state index contributed by atoms with van der Waals surface area (Å²) in [5, 5.41) is 7.58. The van der Waals surface area contributed by atoms with Gasteiger partial charge in [-0.25, -0.2) is 4.79 Å². The SMILES string of the molecule is CCOC(=O)C1CC(C(NC(=O)c2cc(Cl)ccc2Cl)C(C)C)=NO1. The zero-order valence-electron chi connectivity index (χ0n) is 14.2. The topological polar surface area (TPSA) is 77.0 Å². The summed E-state index contributed by atoms with van der Waals surface area (Å²) in [6.07, 6.45) is -0.506. The quantitative estimate of drug-likeness (QED) is 0.759. The highest BCUT2D eigenvalue weighted by molar-refractivity contribution is 6.35. The Labute approximate surface area is 156 Å². The fourth-order valence-electron chi connectivity index (χ4n) is 2.47. The number of oxime groups is 1. The average molecular weight is 387 g/mol. The number of esters is 1. The average Bonchev–Trinajstić information content (AvgIpc) is 3.04. The van der Waals surface area contributed by atoms with E-state index in [1.165, 1.54) is 6.07 Å². The molecule has 1 aromatic carbocycles. The first-order valence-corrected chi connectivity index (χ1v) is 8.74. The fraction of sp³-hybridized carbons (Fsp3) is 0.471. The number of hydrogen-bond acceptors (Lipinski definition) is 5. The highest BCUT2D eigenvalue weighted by Crippen LogP contribution is 2.22. The Balaban J connectivity index is 2.10. The third-order valence-electron chi connectivity index (χ3n) is 3.73. The number of rotatable bonds is 6. The summed E-state index contributed by atoms with van der Waals surface area (Å²) in [7, 11) is 0. The third kappa shape index (κ3) is 4.86. The van der Waals surface area contributed by atoms with Crippen molar-refractivity contribution in [2.45, 2.75) is 39.3 Å². The summed E-state index contributed by atoms with van der Waals surface area (Å²) in [4.78, 5) is 29.5. The lowest BCUT2D eigenvalue weighted by Crippen LogP contribution is -2.44. The molecule has 1 amide bonds. The van der Waals surface area contributed by atoms with Crippen LogP contribution in [0.3, 0.4) is 0 Å². The summed E-state index contributed by atoms with van der Waals surface area (Å²) >= 11 is 12.0. The van der Waals surface area contributed by atoms with Gasteiger partial charge in [0.2, 0.25) is 6.10 Å². The molecule has 0 saturated heterocycles. The van der Waals surface area contributed by atoms with Crippen molar-refractivity contribution in [3.8, 4) is 0 Å². The van der Waals surface area contributed by atoms with Crippen LogP contribution in [-0.2, 0) is 14.4 Å². The molecule has 0 aromatic heterocycles. The normalized spacial score (nSPS) is 17.7. The minimum Gasteiger partial charge on any atom is -0.463 e. The largest absolute Gasteiger partial charge is 0.463 e. The molecular formula is C17H20Cl2N2O4. The van der Waals surface area contributed by atoms with Gasteiger partial charge in [0.15, 0.2) is 0 Å². The standard InChI is InChI=1S/C17H20Cl2N2O4/c1-4-24-17(23)14-8-13(21-25-14)15(9(2)3)20-16(22)11-7-10(18)5-6-12(11)19/h5-7,9,14-15H,4,8H2,1-3H3,(H,20,22). The highest BCUT2D eigenvalue weighted by atomic mass is 35.5. The van der Waals surface area contributed by atoms with Crippen LogP contribution in [0, 0.1) is 5.92 Å². The molecule has 1 heterocycles. The number of ether oxygens (including phenoxy) is 1. The third-order valence-corrected chi connectivity index (χ3v) is 4.29. The molecule has 1 N–H and O–H groups in total. The summed E-state index contributed by atoms with van der Waals surface area (Å²) in [5.41, 5.74) is 0.862. The van der Waals surface area contributed by atoms with Crippen LogP contribution in [-0.4, -0.2) is 36.3 Å². The van der Waals surface area contributed by atoms with Crippen LogP contribution in [0.4, 0.5) is 0 Å². The van der Waals surface area contributed by atoms with Gasteiger partial charge in [-0.15, -0.1) is 0 Å². The molecule has 2 rings (SSSR count). The van der Waals surface area contributed by atoms with Gasteiger partial charge < -0.3 is 14.9 Å². The first-order valence-electron chi connectivity index (χ1n) is 7.98. The van der Waals surface area contributed by atoms with E-state index in [9.17, 15) is 9.59 Å². The summed E-state index contributed by atoms with van der Waals surface area (Å²) in [5.74, 6) is -0.799. The van der Waals surface area contributed by atoms with Crippen LogP contribution in [0.5, 0.6) is 0 Å². The van der Waals surface area contributed by atoms with Gasteiger partial charge in [-0.3, -0.25) is 4.79 Å². The minimum absolute atomic E-state index is 0.0326. The van der Waals surface area contributed by atoms with E-state index in [1.54, 1.807) is 19.1 Å². The van der Waals surface area contributed by atoms with Gasteiger partial charge >= 0.3 is 5.97 Å². The zero-order valence-corrected chi connectivity index (χ0v) is 15.7. The first-order chi connectivity index (χ1) is 11.8. The van der Waals surface area contributed by atoms with Gasteiger partial charge in [-0.2, -0.15) is 0 Å². The lowest BCUT2D eigenvalue weighted by Gasteiger charge is -2.22. The molecule has 0 aliphatic carbocycles. The van der Waals surface area contributed by atoms with Crippen molar-refractivity contribution >= 4 is 40.8 Å². The number of halogens is 2. The number of benzene rings is 1. The molecule has 0 bridgehead atoms. The summed E-state index contributed by atoms with van der Waals surface area (Å²) in [6.45, 7) is 5.86. The van der Waals surface area contributed by atoms with Crippen LogP contribution < -0.4 is 5.32 Å². The number of amides is 1. The van der Waals surface area contributed by atoms with Crippen LogP contribution in [0.25, 0.3) is 0 Å². The number of nitrogens with zero attached hydrogens (tertiary/aromatic N) is 1. The Kier molecular flexibility index (Phi) is 6.67. The smallest absolute Gasteiger partial charge is 0.350 e. The fourth-order valence-corrected chi connectivity index (χ4v) is 2.84. The van der Waals surface area contributed by atoms with Gasteiger partial charge in [0.05, 0.1) is 28.9 Å². The first kappa shape index (κ1) is 19.5. The number of carbonyl (C=O) groups is 2. The minimum atomic E-state index is -0.775. The van der Waals surface area contributed by atoms with E-state index in [0.29, 0.717) is 15.8 Å². The van der Waals surface area contributed by atoms with Gasteiger partial charge in [-0.1, -0.05) is 42.2 Å². The van der Waals surface area contributed by atoms with Gasteiger partial charge in [0.25, 0.3) is 5.91 Å². The Morgan fingerprint density at radius 3 is 2.76 bits per heavy atom. The Bertz CT molecular complexity index is 691. The maximum atomic E-state index is 12.6. The van der Waals surface area contributed by atoms with Crippen molar-refractivity contribution in [2.24, 2.45) is 11.1 Å². The Hall–Kier alpha value is -1.79. The van der Waals surface area contributed by atoms with E-state index in [1.807, 2.05) is 13.8 Å². The predicted molar refractivity (Wildman–Crippen MR) is 96.1 cm³/mol. The molecule has 2 unspecified atom stereocenters. The molecule has 1 aliphatic heterocycles. The second-order valence-electron chi connectivity index (χ2n) is 5.95. The molecule has 2 atom stereocenters. The number of hydrogen-bond donors (Lipinski definition) is 1. The second kappa shape index (κ2) is 8.54. The monoisotopic (exact) mass is 386 g/mol. The van der Waals surface area contributed by atoms with E-state index in [4.69, 9.17) is 32.8 Å².